The molecule has 1 aromatic carbocycles. The Balaban J connectivity index is 1.85. The number of H-pyrrole nitrogens is 1. The summed E-state index contributed by atoms with van der Waals surface area (Å²) in [6, 6.07) is 6.90. The predicted molar refractivity (Wildman–Crippen MR) is 72.7 cm³/mol. The molecule has 2 aromatic heterocycles. The van der Waals surface area contributed by atoms with E-state index in [1.165, 1.54) is 30.6 Å². The maximum atomic E-state index is 13.5. The molecule has 0 saturated heterocycles. The first kappa shape index (κ1) is 13.0. The zero-order valence-corrected chi connectivity index (χ0v) is 10.7. The van der Waals surface area contributed by atoms with Crippen molar-refractivity contribution in [3.05, 3.63) is 54.4 Å². The summed E-state index contributed by atoms with van der Waals surface area (Å²) in [6.07, 6.45) is 2.98. The highest BCUT2D eigenvalue weighted by molar-refractivity contribution is 5.71. The molecule has 3 N–H and O–H groups in total. The van der Waals surface area contributed by atoms with E-state index >= 15 is 0 Å². The Labute approximate surface area is 118 Å². The van der Waals surface area contributed by atoms with E-state index in [1.807, 2.05) is 0 Å². The van der Waals surface area contributed by atoms with E-state index in [-0.39, 0.29) is 11.6 Å². The predicted octanol–water partition coefficient (Wildman–Crippen LogP) is 3.12. The Morgan fingerprint density at radius 2 is 1.95 bits per heavy atom. The molecule has 0 fully saturated rings. The van der Waals surface area contributed by atoms with E-state index in [9.17, 15) is 8.78 Å². The van der Waals surface area contributed by atoms with Crippen LogP contribution in [-0.4, -0.2) is 15.2 Å². The summed E-state index contributed by atoms with van der Waals surface area (Å²) < 4.78 is 31.8. The Hall–Kier alpha value is -2.96. The van der Waals surface area contributed by atoms with Crippen molar-refractivity contribution in [2.75, 3.05) is 5.73 Å². The number of nitrogen functional groups attached to an aromatic ring is 1. The van der Waals surface area contributed by atoms with Crippen LogP contribution in [0.1, 0.15) is 0 Å². The number of nitrogens with two attached hydrogens (primary N) is 1. The summed E-state index contributed by atoms with van der Waals surface area (Å²) in [5.74, 6) is -2.12. The molecule has 0 amide bonds. The highest BCUT2D eigenvalue weighted by atomic mass is 19.2. The van der Waals surface area contributed by atoms with Gasteiger partial charge in [0, 0.05) is 17.8 Å². The number of aromatic amines is 1. The Kier molecular flexibility index (Phi) is 3.23. The van der Waals surface area contributed by atoms with Crippen LogP contribution in [0.3, 0.4) is 0 Å². The van der Waals surface area contributed by atoms with Crippen LogP contribution in [0.4, 0.5) is 14.5 Å². The second-order valence-electron chi connectivity index (χ2n) is 4.24. The molecule has 3 rings (SSSR count). The van der Waals surface area contributed by atoms with E-state index in [4.69, 9.17) is 10.5 Å². The largest absolute Gasteiger partial charge is 0.436 e. The lowest BCUT2D eigenvalue weighted by Crippen LogP contribution is -1.94. The SMILES string of the molecule is Nc1cn[nH]c1-c1ccc(Oc2cccc(F)c2F)nc1. The fourth-order valence-corrected chi connectivity index (χ4v) is 1.79. The monoisotopic (exact) mass is 288 g/mol. The van der Waals surface area contributed by atoms with Crippen LogP contribution >= 0.6 is 0 Å². The van der Waals surface area contributed by atoms with Crippen molar-refractivity contribution in [3.63, 3.8) is 0 Å². The number of anilines is 1. The number of aromatic nitrogens is 3. The molecular weight excluding hydrogens is 278 g/mol. The summed E-state index contributed by atoms with van der Waals surface area (Å²) in [7, 11) is 0. The van der Waals surface area contributed by atoms with Gasteiger partial charge in [-0.3, -0.25) is 5.10 Å². The molecule has 7 heteroatoms. The highest BCUT2D eigenvalue weighted by Crippen LogP contribution is 2.27. The molecule has 0 saturated carbocycles. The maximum Gasteiger partial charge on any atom is 0.219 e. The van der Waals surface area contributed by atoms with E-state index in [2.05, 4.69) is 15.2 Å². The zero-order chi connectivity index (χ0) is 14.8. The van der Waals surface area contributed by atoms with Gasteiger partial charge in [-0.25, -0.2) is 9.37 Å². The number of ether oxygens (including phenoxy) is 1. The normalized spacial score (nSPS) is 10.6. The van der Waals surface area contributed by atoms with Crippen LogP contribution in [0.5, 0.6) is 11.6 Å². The van der Waals surface area contributed by atoms with Crippen molar-refractivity contribution in [2.24, 2.45) is 0 Å². The number of nitrogens with zero attached hydrogens (tertiary/aromatic N) is 2. The van der Waals surface area contributed by atoms with Crippen LogP contribution in [0.2, 0.25) is 0 Å². The minimum absolute atomic E-state index is 0.140. The van der Waals surface area contributed by atoms with Crippen molar-refractivity contribution in [1.29, 1.82) is 0 Å². The molecule has 0 aliphatic heterocycles. The summed E-state index contributed by atoms with van der Waals surface area (Å²) in [4.78, 5) is 4.03. The Bertz CT molecular complexity index is 771. The van der Waals surface area contributed by atoms with E-state index < -0.39 is 11.6 Å². The number of hydrogen-bond acceptors (Lipinski definition) is 4. The fraction of sp³-hybridized carbons (Fsp3) is 0. The molecule has 0 aliphatic carbocycles. The number of halogens is 2. The summed E-state index contributed by atoms with van der Waals surface area (Å²) in [5.41, 5.74) is 7.55. The summed E-state index contributed by atoms with van der Waals surface area (Å²) in [5, 5.41) is 6.55. The lowest BCUT2D eigenvalue weighted by molar-refractivity contribution is 0.405. The second-order valence-corrected chi connectivity index (χ2v) is 4.24. The second kappa shape index (κ2) is 5.20. The van der Waals surface area contributed by atoms with Gasteiger partial charge in [-0.15, -0.1) is 0 Å². The molecule has 0 atom stereocenters. The third-order valence-electron chi connectivity index (χ3n) is 2.82. The molecule has 21 heavy (non-hydrogen) atoms. The number of hydrogen-bond donors (Lipinski definition) is 2. The molecule has 106 valence electrons. The Morgan fingerprint density at radius 1 is 1.10 bits per heavy atom. The van der Waals surface area contributed by atoms with Gasteiger partial charge in [0.15, 0.2) is 11.6 Å². The molecule has 0 bridgehead atoms. The molecule has 5 nitrogen and oxygen atoms in total. The topological polar surface area (TPSA) is 76.8 Å². The number of pyridine rings is 1. The summed E-state index contributed by atoms with van der Waals surface area (Å²) >= 11 is 0. The van der Waals surface area contributed by atoms with Gasteiger partial charge < -0.3 is 10.5 Å². The zero-order valence-electron chi connectivity index (χ0n) is 10.7. The molecule has 0 unspecified atom stereocenters. The van der Waals surface area contributed by atoms with Gasteiger partial charge in [-0.05, 0) is 18.2 Å². The first-order valence-corrected chi connectivity index (χ1v) is 6.02. The third kappa shape index (κ3) is 2.53. The average molecular weight is 288 g/mol. The van der Waals surface area contributed by atoms with E-state index in [0.717, 1.165) is 6.07 Å². The molecule has 0 radical (unpaired) electrons. The van der Waals surface area contributed by atoms with Crippen molar-refractivity contribution >= 4 is 5.69 Å². The van der Waals surface area contributed by atoms with Gasteiger partial charge in [-0.1, -0.05) is 6.07 Å². The molecule has 2 heterocycles. The summed E-state index contributed by atoms with van der Waals surface area (Å²) in [6.45, 7) is 0. The number of rotatable bonds is 3. The molecule has 0 aliphatic rings. The van der Waals surface area contributed by atoms with Crippen LogP contribution < -0.4 is 10.5 Å². The molecule has 3 aromatic rings. The highest BCUT2D eigenvalue weighted by Gasteiger charge is 2.11. The van der Waals surface area contributed by atoms with E-state index in [1.54, 1.807) is 6.07 Å². The van der Waals surface area contributed by atoms with Crippen LogP contribution in [0.25, 0.3) is 11.3 Å². The van der Waals surface area contributed by atoms with Gasteiger partial charge in [0.1, 0.15) is 0 Å². The minimum atomic E-state index is -1.05. The molecular formula is C14H10F2N4O. The number of nitrogens with one attached hydrogen (secondary N) is 1. The first-order valence-electron chi connectivity index (χ1n) is 6.02. The number of benzene rings is 1. The minimum Gasteiger partial charge on any atom is -0.436 e. The van der Waals surface area contributed by atoms with Crippen molar-refractivity contribution < 1.29 is 13.5 Å². The van der Waals surface area contributed by atoms with E-state index in [0.29, 0.717) is 16.9 Å². The lowest BCUT2D eigenvalue weighted by atomic mass is 10.2. The van der Waals surface area contributed by atoms with Gasteiger partial charge in [0.05, 0.1) is 17.6 Å². The smallest absolute Gasteiger partial charge is 0.219 e. The maximum absolute atomic E-state index is 13.5. The van der Waals surface area contributed by atoms with Crippen molar-refractivity contribution in [2.45, 2.75) is 0 Å². The van der Waals surface area contributed by atoms with Gasteiger partial charge in [-0.2, -0.15) is 9.49 Å². The van der Waals surface area contributed by atoms with Gasteiger partial charge in [0.2, 0.25) is 11.7 Å². The first-order chi connectivity index (χ1) is 10.1. The van der Waals surface area contributed by atoms with Crippen LogP contribution in [0, 0.1) is 11.6 Å². The molecule has 0 spiro atoms. The van der Waals surface area contributed by atoms with Crippen molar-refractivity contribution in [1.82, 2.24) is 15.2 Å². The standard InChI is InChI=1S/C14H10F2N4O/c15-9-2-1-3-11(13(9)16)21-12-5-4-8(6-18-12)14-10(17)7-19-20-14/h1-7H,17H2,(H,19,20). The van der Waals surface area contributed by atoms with Gasteiger partial charge >= 0.3 is 0 Å². The third-order valence-corrected chi connectivity index (χ3v) is 2.82. The average Bonchev–Trinajstić information content (AvgIpc) is 2.91. The lowest BCUT2D eigenvalue weighted by Gasteiger charge is -2.06. The quantitative estimate of drug-likeness (QED) is 0.776. The van der Waals surface area contributed by atoms with Crippen LogP contribution in [0.15, 0.2) is 42.7 Å². The Morgan fingerprint density at radius 3 is 2.62 bits per heavy atom. The van der Waals surface area contributed by atoms with Crippen LogP contribution in [-0.2, 0) is 0 Å². The van der Waals surface area contributed by atoms with Gasteiger partial charge in [0.25, 0.3) is 0 Å². The van der Waals surface area contributed by atoms with Crippen molar-refractivity contribution in [3.8, 4) is 22.9 Å². The fourth-order valence-electron chi connectivity index (χ4n) is 1.79.